The lowest BCUT2D eigenvalue weighted by molar-refractivity contribution is -0.137. The molecule has 0 aromatic carbocycles. The monoisotopic (exact) mass is 405 g/mol. The first-order valence-corrected chi connectivity index (χ1v) is 9.99. The zero-order chi connectivity index (χ0) is 21.2. The zero-order valence-corrected chi connectivity index (χ0v) is 17.1. The fourth-order valence-corrected chi connectivity index (χ4v) is 3.69. The maximum absolute atomic E-state index is 13.0. The van der Waals surface area contributed by atoms with Crippen LogP contribution in [-0.4, -0.2) is 27.0 Å². The molecule has 3 aromatic heterocycles. The van der Waals surface area contributed by atoms with E-state index in [1.54, 1.807) is 0 Å². The Bertz CT molecular complexity index is 990. The number of rotatable bonds is 4. The average Bonchev–Trinajstić information content (AvgIpc) is 3.11. The Labute approximate surface area is 168 Å². The topological polar surface area (TPSA) is 66.5 Å². The molecule has 1 aliphatic rings. The van der Waals surface area contributed by atoms with Crippen LogP contribution in [0, 0.1) is 0 Å². The minimum Gasteiger partial charge on any atom is -0.387 e. The maximum Gasteiger partial charge on any atom is 0.417 e. The molecule has 0 atom stereocenters. The van der Waals surface area contributed by atoms with Crippen LogP contribution in [0.3, 0.4) is 0 Å². The number of fused-ring (bicyclic) bond motifs is 1. The van der Waals surface area contributed by atoms with Gasteiger partial charge in [-0.2, -0.15) is 13.2 Å². The van der Waals surface area contributed by atoms with Gasteiger partial charge in [0.25, 0.3) is 0 Å². The first-order valence-electron chi connectivity index (χ1n) is 9.99. The molecular formula is C21H26F3N5. The standard InChI is InChI=1S/C19H20F3N5.C2H6/c1-3-12-13(23-2)5-6-15(25-12)18(7-4-8-18)17-26-14-9-11(19(20,21)22)10-24-16(14)27-17;1-2/h5-6,9-10,23H,3-4,7-8H2,1-2H3,(H,24,26,27);1-2H3. The van der Waals surface area contributed by atoms with Crippen molar-refractivity contribution < 1.29 is 13.2 Å². The van der Waals surface area contributed by atoms with E-state index in [0.29, 0.717) is 17.0 Å². The van der Waals surface area contributed by atoms with Crippen molar-refractivity contribution in [1.29, 1.82) is 0 Å². The third kappa shape index (κ3) is 3.68. The van der Waals surface area contributed by atoms with Crippen molar-refractivity contribution in [2.75, 3.05) is 12.4 Å². The summed E-state index contributed by atoms with van der Waals surface area (Å²) in [5.74, 6) is 0.641. The van der Waals surface area contributed by atoms with Crippen molar-refractivity contribution in [2.45, 2.75) is 58.0 Å². The molecule has 29 heavy (non-hydrogen) atoms. The zero-order valence-electron chi connectivity index (χ0n) is 17.1. The van der Waals surface area contributed by atoms with Gasteiger partial charge in [0.15, 0.2) is 5.65 Å². The molecule has 0 amide bonds. The number of H-pyrrole nitrogens is 1. The van der Waals surface area contributed by atoms with E-state index in [1.165, 1.54) is 0 Å². The number of nitrogens with zero attached hydrogens (tertiary/aromatic N) is 3. The highest BCUT2D eigenvalue weighted by Gasteiger charge is 2.45. The van der Waals surface area contributed by atoms with E-state index >= 15 is 0 Å². The minimum atomic E-state index is -4.43. The highest BCUT2D eigenvalue weighted by Crippen LogP contribution is 2.48. The number of aryl methyl sites for hydroxylation is 1. The summed E-state index contributed by atoms with van der Waals surface area (Å²) in [6.45, 7) is 6.05. The van der Waals surface area contributed by atoms with Gasteiger partial charge in [0.05, 0.1) is 33.6 Å². The summed E-state index contributed by atoms with van der Waals surface area (Å²) in [6.07, 6.45) is -0.0787. The quantitative estimate of drug-likeness (QED) is 0.604. The molecule has 2 N–H and O–H groups in total. The number of halogens is 3. The molecule has 0 unspecified atom stereocenters. The number of nitrogens with one attached hydrogen (secondary N) is 2. The Morgan fingerprint density at radius 3 is 2.45 bits per heavy atom. The van der Waals surface area contributed by atoms with Crippen LogP contribution in [0.1, 0.15) is 62.8 Å². The van der Waals surface area contributed by atoms with Gasteiger partial charge in [0, 0.05) is 13.2 Å². The van der Waals surface area contributed by atoms with E-state index in [4.69, 9.17) is 4.98 Å². The van der Waals surface area contributed by atoms with Crippen LogP contribution in [0.15, 0.2) is 24.4 Å². The summed E-state index contributed by atoms with van der Waals surface area (Å²) in [7, 11) is 1.86. The lowest BCUT2D eigenvalue weighted by Gasteiger charge is -2.39. The van der Waals surface area contributed by atoms with Crippen LogP contribution in [0.4, 0.5) is 18.9 Å². The Morgan fingerprint density at radius 2 is 1.90 bits per heavy atom. The molecule has 1 saturated carbocycles. The van der Waals surface area contributed by atoms with E-state index in [-0.39, 0.29) is 0 Å². The predicted molar refractivity (Wildman–Crippen MR) is 108 cm³/mol. The van der Waals surface area contributed by atoms with Crippen LogP contribution in [0.2, 0.25) is 0 Å². The van der Waals surface area contributed by atoms with Gasteiger partial charge >= 0.3 is 6.18 Å². The number of hydrogen-bond donors (Lipinski definition) is 2. The number of pyridine rings is 2. The summed E-state index contributed by atoms with van der Waals surface area (Å²) in [5.41, 5.74) is 2.28. The van der Waals surface area contributed by atoms with Crippen LogP contribution in [0.25, 0.3) is 11.2 Å². The predicted octanol–water partition coefficient (Wildman–Crippen LogP) is 5.47. The van der Waals surface area contributed by atoms with Gasteiger partial charge in [-0.25, -0.2) is 9.97 Å². The molecule has 156 valence electrons. The number of aromatic amines is 1. The molecule has 0 spiro atoms. The second kappa shape index (κ2) is 8.00. The molecule has 0 saturated heterocycles. The molecule has 8 heteroatoms. The summed E-state index contributed by atoms with van der Waals surface area (Å²) in [4.78, 5) is 16.3. The molecule has 3 heterocycles. The van der Waals surface area contributed by atoms with Crippen LogP contribution < -0.4 is 5.32 Å². The largest absolute Gasteiger partial charge is 0.417 e. The molecule has 1 fully saturated rings. The third-order valence-corrected chi connectivity index (χ3v) is 5.39. The second-order valence-corrected chi connectivity index (χ2v) is 6.91. The molecule has 5 nitrogen and oxygen atoms in total. The van der Waals surface area contributed by atoms with Crippen molar-refractivity contribution in [1.82, 2.24) is 19.9 Å². The smallest absolute Gasteiger partial charge is 0.387 e. The van der Waals surface area contributed by atoms with Crippen LogP contribution >= 0.6 is 0 Å². The Hall–Kier alpha value is -2.64. The number of anilines is 1. The van der Waals surface area contributed by atoms with E-state index in [1.807, 2.05) is 40.0 Å². The first-order chi connectivity index (χ1) is 13.9. The van der Waals surface area contributed by atoms with Gasteiger partial charge in [-0.3, -0.25) is 4.98 Å². The molecular weight excluding hydrogens is 379 g/mol. The molecule has 0 radical (unpaired) electrons. The summed E-state index contributed by atoms with van der Waals surface area (Å²) in [5, 5.41) is 3.14. The number of alkyl halides is 3. The number of aromatic nitrogens is 4. The molecule has 4 rings (SSSR count). The highest BCUT2D eigenvalue weighted by atomic mass is 19.4. The van der Waals surface area contributed by atoms with E-state index in [0.717, 1.165) is 55.0 Å². The van der Waals surface area contributed by atoms with Gasteiger partial charge in [-0.1, -0.05) is 27.2 Å². The number of hydrogen-bond acceptors (Lipinski definition) is 4. The normalized spacial score (nSPS) is 15.4. The third-order valence-electron chi connectivity index (χ3n) is 5.39. The lowest BCUT2D eigenvalue weighted by atomic mass is 9.65. The van der Waals surface area contributed by atoms with Crippen molar-refractivity contribution in [3.63, 3.8) is 0 Å². The van der Waals surface area contributed by atoms with Gasteiger partial charge in [-0.15, -0.1) is 0 Å². The minimum absolute atomic E-state index is 0.298. The van der Waals surface area contributed by atoms with Crippen LogP contribution in [-0.2, 0) is 18.0 Å². The van der Waals surface area contributed by atoms with Crippen LogP contribution in [0.5, 0.6) is 0 Å². The molecule has 1 aliphatic carbocycles. The van der Waals surface area contributed by atoms with Crippen molar-refractivity contribution in [3.05, 3.63) is 47.2 Å². The van der Waals surface area contributed by atoms with E-state index < -0.39 is 17.2 Å². The summed E-state index contributed by atoms with van der Waals surface area (Å²) in [6, 6.07) is 5.05. The van der Waals surface area contributed by atoms with Gasteiger partial charge in [-0.05, 0) is 37.5 Å². The fraction of sp³-hybridized carbons (Fsp3) is 0.476. The Balaban J connectivity index is 0.00000117. The summed E-state index contributed by atoms with van der Waals surface area (Å²) >= 11 is 0. The van der Waals surface area contributed by atoms with E-state index in [9.17, 15) is 13.2 Å². The summed E-state index contributed by atoms with van der Waals surface area (Å²) < 4.78 is 38.9. The average molecular weight is 405 g/mol. The highest BCUT2D eigenvalue weighted by molar-refractivity contribution is 5.72. The first kappa shape index (κ1) is 21.1. The van der Waals surface area contributed by atoms with Gasteiger partial charge in [0.1, 0.15) is 5.82 Å². The SMILES string of the molecule is CC.CCc1nc(C2(c3nc4ncc(C(F)(F)F)cc4[nH]3)CCC2)ccc1NC. The lowest BCUT2D eigenvalue weighted by Crippen LogP contribution is -2.37. The molecule has 0 aliphatic heterocycles. The Morgan fingerprint density at radius 1 is 1.17 bits per heavy atom. The number of imidazole rings is 1. The Kier molecular flexibility index (Phi) is 5.82. The van der Waals surface area contributed by atoms with E-state index in [2.05, 4.69) is 20.3 Å². The maximum atomic E-state index is 13.0. The second-order valence-electron chi connectivity index (χ2n) is 6.91. The van der Waals surface area contributed by atoms with Crippen molar-refractivity contribution >= 4 is 16.9 Å². The van der Waals surface area contributed by atoms with Crippen molar-refractivity contribution in [2.24, 2.45) is 0 Å². The van der Waals surface area contributed by atoms with Gasteiger partial charge in [0.2, 0.25) is 0 Å². The van der Waals surface area contributed by atoms with Gasteiger partial charge < -0.3 is 10.3 Å². The van der Waals surface area contributed by atoms with Crippen molar-refractivity contribution in [3.8, 4) is 0 Å². The molecule has 0 bridgehead atoms. The fourth-order valence-electron chi connectivity index (χ4n) is 3.69. The molecule has 3 aromatic rings.